The molecule has 0 bridgehead atoms. The summed E-state index contributed by atoms with van der Waals surface area (Å²) >= 11 is 0. The van der Waals surface area contributed by atoms with Crippen LogP contribution in [-0.2, 0) is 10.8 Å². The smallest absolute Gasteiger partial charge is 0.0629 e. The van der Waals surface area contributed by atoms with Crippen molar-refractivity contribution in [2.75, 3.05) is 4.90 Å². The van der Waals surface area contributed by atoms with Crippen LogP contribution in [0, 0.1) is 13.8 Å². The predicted octanol–water partition coefficient (Wildman–Crippen LogP) is 14.5. The highest BCUT2D eigenvalue weighted by Gasteiger charge is 2.37. The number of rotatable bonds is 6. The Morgan fingerprint density at radius 1 is 0.482 bits per heavy atom. The first kappa shape index (κ1) is 31.9. The molecule has 8 aromatic rings. The molecule has 1 heterocycles. The lowest BCUT2D eigenvalue weighted by molar-refractivity contribution is 0.659. The van der Waals surface area contributed by atoms with Gasteiger partial charge in [-0.15, -0.1) is 0 Å². The topological polar surface area (TPSA) is 8.17 Å². The summed E-state index contributed by atoms with van der Waals surface area (Å²) < 4.78 is 20.8. The van der Waals surface area contributed by atoms with Crippen molar-refractivity contribution in [3.05, 3.63) is 202 Å². The second kappa shape index (κ2) is 12.6. The minimum atomic E-state index is -0.113. The summed E-state index contributed by atoms with van der Waals surface area (Å²) in [5, 5.41) is 1.10. The fourth-order valence-electron chi connectivity index (χ4n) is 9.51. The zero-order valence-corrected chi connectivity index (χ0v) is 32.9. The number of aromatic nitrogens is 1. The first-order valence-corrected chi connectivity index (χ1v) is 19.7. The second-order valence-electron chi connectivity index (χ2n) is 16.5. The zero-order valence-electron chi connectivity index (χ0n) is 34.9. The average Bonchev–Trinajstić information content (AvgIpc) is 3.74. The summed E-state index contributed by atoms with van der Waals surface area (Å²) in [5.74, 6) is 0. The molecule has 7 aromatic carbocycles. The van der Waals surface area contributed by atoms with Crippen LogP contribution in [0.15, 0.2) is 158 Å². The Labute approximate surface area is 333 Å². The van der Waals surface area contributed by atoms with E-state index in [-0.39, 0.29) is 22.9 Å². The molecular formula is C54H46N2. The number of para-hydroxylation sites is 1. The molecule has 2 heteroatoms. The van der Waals surface area contributed by atoms with Gasteiger partial charge in [-0.1, -0.05) is 137 Å². The Kier molecular flexibility index (Phi) is 7.17. The van der Waals surface area contributed by atoms with Gasteiger partial charge in [-0.05, 0) is 136 Å². The van der Waals surface area contributed by atoms with Crippen molar-refractivity contribution < 1.29 is 2.74 Å². The summed E-state index contributed by atoms with van der Waals surface area (Å²) in [6.45, 7) is 13.6. The third-order valence-electron chi connectivity index (χ3n) is 12.7. The number of hydrogen-bond donors (Lipinski definition) is 0. The molecule has 0 atom stereocenters. The molecule has 0 unspecified atom stereocenters. The van der Waals surface area contributed by atoms with E-state index in [0.717, 1.165) is 39.2 Å². The lowest BCUT2D eigenvalue weighted by atomic mass is 9.82. The molecule has 2 nitrogen and oxygen atoms in total. The number of benzene rings is 7. The first-order chi connectivity index (χ1) is 27.9. The predicted molar refractivity (Wildman–Crippen MR) is 238 cm³/mol. The van der Waals surface area contributed by atoms with Gasteiger partial charge in [-0.3, -0.25) is 0 Å². The van der Waals surface area contributed by atoms with E-state index in [1.807, 2.05) is 24.3 Å². The molecule has 0 N–H and O–H groups in total. The highest BCUT2D eigenvalue weighted by molar-refractivity contribution is 5.91. The molecule has 0 radical (unpaired) electrons. The fraction of sp³-hybridized carbons (Fsp3) is 0.148. The molecule has 0 amide bonds. The van der Waals surface area contributed by atoms with E-state index in [9.17, 15) is 2.74 Å². The van der Waals surface area contributed by atoms with Gasteiger partial charge in [0.1, 0.15) is 0 Å². The maximum atomic E-state index is 9.26. The maximum absolute atomic E-state index is 9.26. The van der Waals surface area contributed by atoms with Gasteiger partial charge in [0.2, 0.25) is 0 Å². The molecule has 0 spiro atoms. The van der Waals surface area contributed by atoms with Crippen LogP contribution in [0.1, 0.15) is 75.1 Å². The lowest BCUT2D eigenvalue weighted by Gasteiger charge is -2.28. The Bertz CT molecular complexity index is 2980. The van der Waals surface area contributed by atoms with E-state index in [2.05, 4.69) is 184 Å². The van der Waals surface area contributed by atoms with Crippen LogP contribution in [0.2, 0.25) is 0 Å². The zero-order chi connectivity index (χ0) is 40.1. The minimum Gasteiger partial charge on any atom is -0.314 e. The number of nitrogens with zero attached hydrogens (tertiary/aromatic N) is 2. The van der Waals surface area contributed by atoms with E-state index >= 15 is 0 Å². The molecule has 56 heavy (non-hydrogen) atoms. The van der Waals surface area contributed by atoms with Crippen LogP contribution < -0.4 is 4.90 Å². The molecule has 2 aliphatic carbocycles. The van der Waals surface area contributed by atoms with Gasteiger partial charge in [0.15, 0.2) is 0 Å². The average molecular weight is 725 g/mol. The highest BCUT2D eigenvalue weighted by atomic mass is 15.1. The highest BCUT2D eigenvalue weighted by Crippen LogP contribution is 2.51. The third kappa shape index (κ3) is 5.16. The van der Waals surface area contributed by atoms with Crippen molar-refractivity contribution in [3.8, 4) is 27.9 Å². The van der Waals surface area contributed by atoms with E-state index in [0.29, 0.717) is 5.56 Å². The van der Waals surface area contributed by atoms with Gasteiger partial charge in [0.05, 0.1) is 8.26 Å². The van der Waals surface area contributed by atoms with Gasteiger partial charge < -0.3 is 9.47 Å². The molecule has 0 saturated carbocycles. The van der Waals surface area contributed by atoms with Crippen molar-refractivity contribution in [3.63, 3.8) is 0 Å². The SMILES string of the molecule is [2H]/C(=C(/[2H])c1ccc2c(c1)c(C)c(C)n2-c1ccc2c(c1)C(C)(C)c1ccccc1-2)c1ccc(N(c2ccccc2)c2ccc3c(c2)C(C)(C)c2ccccc2-3)cc1. The van der Waals surface area contributed by atoms with Crippen LogP contribution in [0.4, 0.5) is 17.1 Å². The van der Waals surface area contributed by atoms with Crippen LogP contribution in [0.25, 0.3) is 50.9 Å². The quantitative estimate of drug-likeness (QED) is 0.155. The number of fused-ring (bicyclic) bond motifs is 7. The largest absolute Gasteiger partial charge is 0.314 e. The van der Waals surface area contributed by atoms with Gasteiger partial charge in [-0.25, -0.2) is 0 Å². The molecule has 0 saturated heterocycles. The Balaban J connectivity index is 0.987. The number of aryl methyl sites for hydroxylation is 1. The van der Waals surface area contributed by atoms with E-state index < -0.39 is 0 Å². The van der Waals surface area contributed by atoms with Crippen LogP contribution in [0.5, 0.6) is 0 Å². The number of hydrogen-bond acceptors (Lipinski definition) is 1. The van der Waals surface area contributed by atoms with Crippen LogP contribution >= 0.6 is 0 Å². The second-order valence-corrected chi connectivity index (χ2v) is 16.5. The molecule has 0 fully saturated rings. The van der Waals surface area contributed by atoms with Gasteiger partial charge in [0, 0.05) is 44.7 Å². The summed E-state index contributed by atoms with van der Waals surface area (Å²) in [6.07, 6.45) is 0. The Morgan fingerprint density at radius 2 is 1.00 bits per heavy atom. The summed E-state index contributed by atoms with van der Waals surface area (Å²) in [5.41, 5.74) is 19.6. The molecule has 10 rings (SSSR count). The standard InChI is InChI=1S/C54H46N2/c1-35-36(2)55(41-27-29-45-43-16-10-12-18-48(43)53(3,4)50(45)33-41)52-31-24-38(32-47(35)52)21-20-37-22-25-40(26-23-37)56(39-14-8-7-9-15-39)42-28-30-46-44-17-11-13-19-49(44)54(5,6)51(46)34-42/h7-34H,1-6H3/b21-20+/i20D,21D. The van der Waals surface area contributed by atoms with Gasteiger partial charge >= 0.3 is 0 Å². The van der Waals surface area contributed by atoms with Crippen molar-refractivity contribution in [1.29, 1.82) is 0 Å². The summed E-state index contributed by atoms with van der Waals surface area (Å²) in [4.78, 5) is 2.28. The van der Waals surface area contributed by atoms with Gasteiger partial charge in [-0.2, -0.15) is 0 Å². The molecular weight excluding hydrogens is 677 g/mol. The minimum absolute atomic E-state index is 0.0828. The third-order valence-corrected chi connectivity index (χ3v) is 12.7. The summed E-state index contributed by atoms with van der Waals surface area (Å²) in [7, 11) is 0. The lowest BCUT2D eigenvalue weighted by Crippen LogP contribution is -2.16. The van der Waals surface area contributed by atoms with Crippen molar-refractivity contribution in [1.82, 2.24) is 4.57 Å². The van der Waals surface area contributed by atoms with E-state index in [4.69, 9.17) is 0 Å². The molecule has 272 valence electrons. The molecule has 2 aliphatic rings. The Hall–Kier alpha value is -6.38. The normalized spacial score (nSPS) is 15.3. The van der Waals surface area contributed by atoms with E-state index in [1.54, 1.807) is 0 Å². The fourth-order valence-corrected chi connectivity index (χ4v) is 9.51. The first-order valence-electron chi connectivity index (χ1n) is 20.7. The van der Waals surface area contributed by atoms with Crippen LogP contribution in [-0.4, -0.2) is 4.57 Å². The van der Waals surface area contributed by atoms with Gasteiger partial charge in [0.25, 0.3) is 0 Å². The molecule has 1 aromatic heterocycles. The van der Waals surface area contributed by atoms with Crippen LogP contribution in [0.3, 0.4) is 0 Å². The van der Waals surface area contributed by atoms with Crippen molar-refractivity contribution in [2.24, 2.45) is 0 Å². The maximum Gasteiger partial charge on any atom is 0.0629 e. The van der Waals surface area contributed by atoms with Crippen molar-refractivity contribution in [2.45, 2.75) is 52.4 Å². The Morgan fingerprint density at radius 3 is 1.68 bits per heavy atom. The monoisotopic (exact) mass is 724 g/mol. The van der Waals surface area contributed by atoms with Crippen molar-refractivity contribution >= 4 is 40.1 Å². The molecule has 0 aliphatic heterocycles. The number of anilines is 3. The summed E-state index contributed by atoms with van der Waals surface area (Å²) in [6, 6.07) is 56.4. The van der Waals surface area contributed by atoms with E-state index in [1.165, 1.54) is 55.8 Å².